The van der Waals surface area contributed by atoms with E-state index in [9.17, 15) is 4.79 Å². The molecule has 0 aliphatic carbocycles. The number of Topliss-reactive ketones (excluding diaryl/α,β-unsaturated/α-hetero) is 1. The van der Waals surface area contributed by atoms with Gasteiger partial charge in [-0.1, -0.05) is 0 Å². The summed E-state index contributed by atoms with van der Waals surface area (Å²) in [6.45, 7) is 0. The molecular weight excluding hydrogens is 244 g/mol. The largest absolute Gasteiger partial charge is 0.497 e. The molecule has 2 unspecified atom stereocenters. The van der Waals surface area contributed by atoms with Gasteiger partial charge in [0, 0.05) is 22.0 Å². The van der Waals surface area contributed by atoms with Crippen molar-refractivity contribution in [2.75, 3.05) is 7.11 Å². The topological polar surface area (TPSA) is 26.3 Å². The van der Waals surface area contributed by atoms with Gasteiger partial charge in [-0.15, -0.1) is 0 Å². The smallest absolute Gasteiger partial charge is 0.166 e. The van der Waals surface area contributed by atoms with Crippen LogP contribution < -0.4 is 4.74 Å². The Kier molecular flexibility index (Phi) is 3.33. The molecule has 0 saturated carbocycles. The first-order chi connectivity index (χ1) is 8.76. The van der Waals surface area contributed by atoms with Crippen molar-refractivity contribution in [3.05, 3.63) is 29.8 Å². The van der Waals surface area contributed by atoms with Gasteiger partial charge in [0.2, 0.25) is 0 Å². The van der Waals surface area contributed by atoms with Crippen molar-refractivity contribution in [2.45, 2.75) is 36.2 Å². The second-order valence-electron chi connectivity index (χ2n) is 5.22. The molecule has 2 fully saturated rings. The van der Waals surface area contributed by atoms with Crippen LogP contribution in [-0.2, 0) is 0 Å². The van der Waals surface area contributed by atoms with Crippen molar-refractivity contribution in [3.63, 3.8) is 0 Å². The van der Waals surface area contributed by atoms with Gasteiger partial charge in [0.15, 0.2) is 5.78 Å². The number of methoxy groups -OCH3 is 1. The number of rotatable bonds is 3. The minimum absolute atomic E-state index is 0.247. The molecule has 0 spiro atoms. The summed E-state index contributed by atoms with van der Waals surface area (Å²) in [6, 6.07) is 7.54. The molecule has 96 valence electrons. The van der Waals surface area contributed by atoms with E-state index in [1.54, 1.807) is 7.11 Å². The van der Waals surface area contributed by atoms with E-state index in [2.05, 4.69) is 11.8 Å². The summed E-state index contributed by atoms with van der Waals surface area (Å²) in [5, 5.41) is 1.46. The summed E-state index contributed by atoms with van der Waals surface area (Å²) in [6.07, 6.45) is 4.77. The Labute approximate surface area is 112 Å². The maximum Gasteiger partial charge on any atom is 0.166 e. The zero-order valence-corrected chi connectivity index (χ0v) is 11.4. The normalized spacial score (nSPS) is 30.2. The number of benzene rings is 1. The van der Waals surface area contributed by atoms with Crippen LogP contribution in [0.5, 0.6) is 5.75 Å². The van der Waals surface area contributed by atoms with Gasteiger partial charge in [0.05, 0.1) is 7.11 Å². The highest BCUT2D eigenvalue weighted by Gasteiger charge is 2.37. The van der Waals surface area contributed by atoms with Crippen LogP contribution in [-0.4, -0.2) is 23.4 Å². The molecule has 1 aromatic rings. The average molecular weight is 262 g/mol. The molecule has 2 aliphatic heterocycles. The van der Waals surface area contributed by atoms with Crippen LogP contribution in [0.25, 0.3) is 0 Å². The molecule has 18 heavy (non-hydrogen) atoms. The number of fused-ring (bicyclic) bond motifs is 2. The number of carbonyl (C=O) groups excluding carboxylic acids is 1. The third-order valence-corrected chi connectivity index (χ3v) is 5.66. The summed E-state index contributed by atoms with van der Waals surface area (Å²) in [5.41, 5.74) is 0.840. The Morgan fingerprint density at radius 2 is 1.78 bits per heavy atom. The lowest BCUT2D eigenvalue weighted by Crippen LogP contribution is -2.24. The summed E-state index contributed by atoms with van der Waals surface area (Å²) in [7, 11) is 1.65. The molecule has 2 heterocycles. The number of hydrogen-bond donors (Lipinski definition) is 0. The predicted molar refractivity (Wildman–Crippen MR) is 74.4 cm³/mol. The number of hydrogen-bond acceptors (Lipinski definition) is 3. The second-order valence-corrected chi connectivity index (χ2v) is 6.82. The molecule has 2 aliphatic rings. The van der Waals surface area contributed by atoms with Gasteiger partial charge < -0.3 is 4.74 Å². The fourth-order valence-electron chi connectivity index (χ4n) is 3.06. The van der Waals surface area contributed by atoms with E-state index in [0.717, 1.165) is 34.7 Å². The minimum atomic E-state index is 0.247. The van der Waals surface area contributed by atoms with Crippen LogP contribution in [0.4, 0.5) is 0 Å². The lowest BCUT2D eigenvalue weighted by molar-refractivity contribution is 0.0907. The van der Waals surface area contributed by atoms with Crippen molar-refractivity contribution < 1.29 is 9.53 Å². The van der Waals surface area contributed by atoms with Gasteiger partial charge in [-0.3, -0.25) is 4.79 Å². The lowest BCUT2D eigenvalue weighted by atomic mass is 9.90. The highest BCUT2D eigenvalue weighted by atomic mass is 32.2. The van der Waals surface area contributed by atoms with Crippen LogP contribution in [0.1, 0.15) is 36.0 Å². The minimum Gasteiger partial charge on any atom is -0.497 e. The summed E-state index contributed by atoms with van der Waals surface area (Å²) < 4.78 is 5.12. The van der Waals surface area contributed by atoms with Crippen molar-refractivity contribution >= 4 is 17.5 Å². The highest BCUT2D eigenvalue weighted by Crippen LogP contribution is 2.46. The van der Waals surface area contributed by atoms with Crippen LogP contribution in [0.15, 0.2) is 24.3 Å². The molecule has 0 amide bonds. The number of thioether (sulfide) groups is 1. The molecule has 0 N–H and O–H groups in total. The zero-order chi connectivity index (χ0) is 12.5. The van der Waals surface area contributed by atoms with Crippen molar-refractivity contribution in [1.29, 1.82) is 0 Å². The van der Waals surface area contributed by atoms with Gasteiger partial charge in [0.25, 0.3) is 0 Å². The standard InChI is InChI=1S/C15H18O2S/c1-17-12-4-2-10(3-5-12)15(16)11-8-13-6-7-14(9-11)18-13/h2-5,11,13-14H,6-9H2,1H3. The first-order valence-electron chi connectivity index (χ1n) is 6.60. The monoisotopic (exact) mass is 262 g/mol. The Bertz CT molecular complexity index is 428. The maximum absolute atomic E-state index is 12.5. The third kappa shape index (κ3) is 2.28. The Hall–Kier alpha value is -0.960. The van der Waals surface area contributed by atoms with Crippen LogP contribution in [0, 0.1) is 5.92 Å². The molecule has 0 radical (unpaired) electrons. The van der Waals surface area contributed by atoms with Gasteiger partial charge in [-0.05, 0) is 49.9 Å². The van der Waals surface area contributed by atoms with Gasteiger partial charge in [-0.25, -0.2) is 0 Å². The maximum atomic E-state index is 12.5. The number of carbonyl (C=O) groups is 1. The summed E-state index contributed by atoms with van der Waals surface area (Å²) >= 11 is 2.10. The predicted octanol–water partition coefficient (Wildman–Crippen LogP) is 3.55. The summed E-state index contributed by atoms with van der Waals surface area (Å²) in [5.74, 6) is 1.39. The molecule has 3 rings (SSSR count). The van der Waals surface area contributed by atoms with Crippen LogP contribution in [0.2, 0.25) is 0 Å². The molecule has 3 heteroatoms. The van der Waals surface area contributed by atoms with E-state index in [-0.39, 0.29) is 5.92 Å². The van der Waals surface area contributed by atoms with E-state index in [1.807, 2.05) is 24.3 Å². The summed E-state index contributed by atoms with van der Waals surface area (Å²) in [4.78, 5) is 12.5. The van der Waals surface area contributed by atoms with Crippen LogP contribution in [0.3, 0.4) is 0 Å². The van der Waals surface area contributed by atoms with Gasteiger partial charge in [0.1, 0.15) is 5.75 Å². The van der Waals surface area contributed by atoms with Crippen molar-refractivity contribution in [1.82, 2.24) is 0 Å². The Balaban J connectivity index is 1.73. The first-order valence-corrected chi connectivity index (χ1v) is 7.54. The molecule has 0 aromatic heterocycles. The quantitative estimate of drug-likeness (QED) is 0.779. The molecule has 2 bridgehead atoms. The highest BCUT2D eigenvalue weighted by molar-refractivity contribution is 8.00. The molecular formula is C15H18O2S. The SMILES string of the molecule is COc1ccc(C(=O)C2CC3CCC(C2)S3)cc1. The van der Waals surface area contributed by atoms with Crippen LogP contribution >= 0.6 is 11.8 Å². The van der Waals surface area contributed by atoms with Gasteiger partial charge in [-0.2, -0.15) is 11.8 Å². The third-order valence-electron chi connectivity index (χ3n) is 4.04. The Morgan fingerprint density at radius 3 is 2.33 bits per heavy atom. The number of ketones is 1. The zero-order valence-electron chi connectivity index (χ0n) is 10.6. The number of ether oxygens (including phenoxy) is 1. The fraction of sp³-hybridized carbons (Fsp3) is 0.533. The van der Waals surface area contributed by atoms with E-state index in [4.69, 9.17) is 4.74 Å². The van der Waals surface area contributed by atoms with Crippen molar-refractivity contribution in [3.8, 4) is 5.75 Å². The average Bonchev–Trinajstić information content (AvgIpc) is 2.77. The van der Waals surface area contributed by atoms with Gasteiger partial charge >= 0.3 is 0 Å². The second kappa shape index (κ2) is 4.96. The van der Waals surface area contributed by atoms with E-state index >= 15 is 0 Å². The van der Waals surface area contributed by atoms with E-state index < -0.39 is 0 Å². The fourth-order valence-corrected chi connectivity index (χ4v) is 4.84. The van der Waals surface area contributed by atoms with E-state index in [1.165, 1.54) is 12.8 Å². The molecule has 2 saturated heterocycles. The molecule has 2 atom stereocenters. The molecule has 2 nitrogen and oxygen atoms in total. The van der Waals surface area contributed by atoms with E-state index in [0.29, 0.717) is 5.78 Å². The molecule has 1 aromatic carbocycles. The first kappa shape index (κ1) is 12.1. The van der Waals surface area contributed by atoms with Crippen molar-refractivity contribution in [2.24, 2.45) is 5.92 Å². The Morgan fingerprint density at radius 1 is 1.17 bits per heavy atom. The lowest BCUT2D eigenvalue weighted by Gasteiger charge is -2.26.